The largest absolute Gasteiger partial charge is 0.507 e. The predicted octanol–water partition coefficient (Wildman–Crippen LogP) is 6.16. The normalized spacial score (nSPS) is 10.3. The van der Waals surface area contributed by atoms with E-state index in [9.17, 15) is 24.6 Å². The van der Waals surface area contributed by atoms with Crippen LogP contribution in [0.25, 0.3) is 6.08 Å². The van der Waals surface area contributed by atoms with Gasteiger partial charge in [-0.1, -0.05) is 24.3 Å². The van der Waals surface area contributed by atoms with Gasteiger partial charge in [-0.05, 0) is 72.8 Å². The van der Waals surface area contributed by atoms with Crippen molar-refractivity contribution >= 4 is 23.4 Å². The Balaban J connectivity index is 0.000000226. The van der Waals surface area contributed by atoms with Crippen molar-refractivity contribution in [1.82, 2.24) is 0 Å². The van der Waals surface area contributed by atoms with Crippen molar-refractivity contribution in [3.05, 3.63) is 119 Å². The van der Waals surface area contributed by atoms with Crippen LogP contribution in [-0.2, 0) is 0 Å². The first-order valence-electron chi connectivity index (χ1n) is 12.5. The van der Waals surface area contributed by atoms with Crippen LogP contribution in [0.2, 0.25) is 0 Å². The number of rotatable bonds is 10. The summed E-state index contributed by atoms with van der Waals surface area (Å²) in [6.45, 7) is 0. The summed E-state index contributed by atoms with van der Waals surface area (Å²) in [4.78, 5) is 36.0. The number of methoxy groups -OCH3 is 3. The van der Waals surface area contributed by atoms with E-state index in [1.807, 2.05) is 0 Å². The molecule has 0 spiro atoms. The summed E-state index contributed by atoms with van der Waals surface area (Å²) in [5.74, 6) is 0.824. The van der Waals surface area contributed by atoms with E-state index in [1.54, 1.807) is 100 Å². The lowest BCUT2D eigenvalue weighted by Gasteiger charge is -2.07. The lowest BCUT2D eigenvalue weighted by atomic mass is 10.0. The fourth-order valence-electron chi connectivity index (χ4n) is 3.72. The van der Waals surface area contributed by atoms with Gasteiger partial charge in [0.05, 0.1) is 38.9 Å². The zero-order valence-electron chi connectivity index (χ0n) is 22.9. The summed E-state index contributed by atoms with van der Waals surface area (Å²) in [5.41, 5.74) is 1.62. The molecule has 2 N–H and O–H groups in total. The lowest BCUT2D eigenvalue weighted by Crippen LogP contribution is -2.08. The Morgan fingerprint density at radius 1 is 0.659 bits per heavy atom. The second-order valence-corrected chi connectivity index (χ2v) is 8.59. The zero-order chi connectivity index (χ0) is 29.8. The number of para-hydroxylation sites is 2. The monoisotopic (exact) mass is 554 g/mol. The van der Waals surface area contributed by atoms with Gasteiger partial charge in [-0.25, -0.2) is 0 Å². The molecule has 41 heavy (non-hydrogen) atoms. The summed E-state index contributed by atoms with van der Waals surface area (Å²) in [6, 6.07) is 24.5. The quantitative estimate of drug-likeness (QED) is 0.136. The third kappa shape index (κ3) is 8.31. The van der Waals surface area contributed by atoms with Crippen LogP contribution in [-0.4, -0.2) is 48.9 Å². The molecule has 0 aliphatic heterocycles. The molecule has 8 heteroatoms. The van der Waals surface area contributed by atoms with Gasteiger partial charge in [0.2, 0.25) is 0 Å². The van der Waals surface area contributed by atoms with E-state index in [1.165, 1.54) is 24.3 Å². The molecule has 0 unspecified atom stereocenters. The lowest BCUT2D eigenvalue weighted by molar-refractivity contribution is 0.0892. The maximum absolute atomic E-state index is 12.0. The Kier molecular flexibility index (Phi) is 10.8. The molecule has 4 rings (SSSR count). The SMILES string of the molecule is COc1ccc(/C=C/C(=O)c2ccccc2O)c(OC)c1.COc1ccc(C(=O)CC(=O)c2ccccc2O)cc1. The summed E-state index contributed by atoms with van der Waals surface area (Å²) in [7, 11) is 4.67. The number of hydrogen-bond acceptors (Lipinski definition) is 8. The molecule has 0 aliphatic carbocycles. The van der Waals surface area contributed by atoms with Crippen molar-refractivity contribution in [1.29, 1.82) is 0 Å². The highest BCUT2D eigenvalue weighted by Crippen LogP contribution is 2.26. The van der Waals surface area contributed by atoms with Gasteiger partial charge in [0.1, 0.15) is 28.7 Å². The molecule has 4 aromatic carbocycles. The molecule has 0 bridgehead atoms. The molecule has 0 aliphatic rings. The van der Waals surface area contributed by atoms with Crippen LogP contribution >= 0.6 is 0 Å². The highest BCUT2D eigenvalue weighted by atomic mass is 16.5. The van der Waals surface area contributed by atoms with Crippen molar-refractivity contribution in [3.63, 3.8) is 0 Å². The third-order valence-corrected chi connectivity index (χ3v) is 5.96. The van der Waals surface area contributed by atoms with Crippen molar-refractivity contribution in [2.75, 3.05) is 21.3 Å². The fourth-order valence-corrected chi connectivity index (χ4v) is 3.72. The van der Waals surface area contributed by atoms with Gasteiger partial charge in [0, 0.05) is 17.2 Å². The first kappa shape index (κ1) is 30.2. The fraction of sp³-hybridized carbons (Fsp3) is 0.121. The number of benzene rings is 4. The van der Waals surface area contributed by atoms with E-state index in [0.29, 0.717) is 22.8 Å². The Bertz CT molecular complexity index is 1540. The van der Waals surface area contributed by atoms with Gasteiger partial charge < -0.3 is 24.4 Å². The number of carbonyl (C=O) groups is 3. The molecule has 0 saturated carbocycles. The Labute approximate surface area is 238 Å². The average Bonchev–Trinajstić information content (AvgIpc) is 3.00. The van der Waals surface area contributed by atoms with E-state index in [2.05, 4.69) is 0 Å². The predicted molar refractivity (Wildman–Crippen MR) is 155 cm³/mol. The van der Waals surface area contributed by atoms with Crippen LogP contribution in [0.15, 0.2) is 97.1 Å². The van der Waals surface area contributed by atoms with Crippen molar-refractivity contribution in [2.24, 2.45) is 0 Å². The second kappa shape index (κ2) is 14.7. The highest BCUT2D eigenvalue weighted by molar-refractivity contribution is 6.14. The van der Waals surface area contributed by atoms with Crippen LogP contribution in [0.5, 0.6) is 28.7 Å². The van der Waals surface area contributed by atoms with Crippen molar-refractivity contribution in [2.45, 2.75) is 6.42 Å². The zero-order valence-corrected chi connectivity index (χ0v) is 22.9. The minimum Gasteiger partial charge on any atom is -0.507 e. The van der Waals surface area contributed by atoms with Crippen LogP contribution in [0.1, 0.15) is 43.1 Å². The number of aromatic hydroxyl groups is 2. The smallest absolute Gasteiger partial charge is 0.189 e. The molecular formula is C33H30O8. The maximum Gasteiger partial charge on any atom is 0.189 e. The first-order valence-corrected chi connectivity index (χ1v) is 12.5. The van der Waals surface area contributed by atoms with Gasteiger partial charge >= 0.3 is 0 Å². The molecular weight excluding hydrogens is 524 g/mol. The van der Waals surface area contributed by atoms with Gasteiger partial charge in [-0.2, -0.15) is 0 Å². The van der Waals surface area contributed by atoms with Crippen LogP contribution < -0.4 is 14.2 Å². The van der Waals surface area contributed by atoms with E-state index in [0.717, 1.165) is 5.56 Å². The van der Waals surface area contributed by atoms with Crippen LogP contribution in [0, 0.1) is 0 Å². The molecule has 8 nitrogen and oxygen atoms in total. The third-order valence-electron chi connectivity index (χ3n) is 5.96. The molecule has 0 atom stereocenters. The number of phenolic OH excluding ortho intramolecular Hbond substituents is 2. The summed E-state index contributed by atoms with van der Waals surface area (Å²) >= 11 is 0. The van der Waals surface area contributed by atoms with E-state index < -0.39 is 5.78 Å². The number of allylic oxidation sites excluding steroid dienone is 1. The van der Waals surface area contributed by atoms with E-state index >= 15 is 0 Å². The summed E-state index contributed by atoms with van der Waals surface area (Å²) < 4.78 is 15.4. The molecule has 0 aromatic heterocycles. The van der Waals surface area contributed by atoms with E-state index in [-0.39, 0.29) is 40.6 Å². The first-order chi connectivity index (χ1) is 19.8. The second-order valence-electron chi connectivity index (χ2n) is 8.59. The van der Waals surface area contributed by atoms with Gasteiger partial charge in [-0.15, -0.1) is 0 Å². The Morgan fingerprint density at radius 2 is 1.22 bits per heavy atom. The average molecular weight is 555 g/mol. The van der Waals surface area contributed by atoms with Gasteiger partial charge in [0.25, 0.3) is 0 Å². The minimum absolute atomic E-state index is 0.0335. The van der Waals surface area contributed by atoms with Crippen LogP contribution in [0.3, 0.4) is 0 Å². The molecule has 4 aromatic rings. The molecule has 0 heterocycles. The summed E-state index contributed by atoms with van der Waals surface area (Å²) in [5, 5.41) is 19.2. The van der Waals surface area contributed by atoms with Crippen molar-refractivity contribution < 1.29 is 38.8 Å². The van der Waals surface area contributed by atoms with Crippen LogP contribution in [0.4, 0.5) is 0 Å². The topological polar surface area (TPSA) is 119 Å². The molecule has 0 radical (unpaired) electrons. The number of ether oxygens (including phenoxy) is 3. The van der Waals surface area contributed by atoms with E-state index in [4.69, 9.17) is 14.2 Å². The highest BCUT2D eigenvalue weighted by Gasteiger charge is 2.16. The Hall–Kier alpha value is -5.37. The minimum atomic E-state index is -0.399. The number of hydrogen-bond donors (Lipinski definition) is 2. The van der Waals surface area contributed by atoms with Gasteiger partial charge in [-0.3, -0.25) is 14.4 Å². The molecule has 210 valence electrons. The molecule has 0 amide bonds. The Morgan fingerprint density at radius 3 is 1.78 bits per heavy atom. The molecule has 0 fully saturated rings. The standard InChI is InChI=1S/C17H16O4.C16H14O4/c1-20-13-9-7-12(17(11-13)21-2)8-10-16(19)14-5-3-4-6-15(14)18;1-20-12-8-6-11(7-9-12)15(18)10-16(19)13-4-2-3-5-14(13)17/h3-11,18H,1-2H3;2-9,17H,10H2,1H3/b10-8+;. The van der Waals surface area contributed by atoms with Gasteiger partial charge in [0.15, 0.2) is 17.3 Å². The maximum atomic E-state index is 12.0. The number of carbonyl (C=O) groups excluding carboxylic acids is 3. The van der Waals surface area contributed by atoms with Crippen molar-refractivity contribution in [3.8, 4) is 28.7 Å². The number of ketones is 3. The molecule has 0 saturated heterocycles. The summed E-state index contributed by atoms with van der Waals surface area (Å²) in [6.07, 6.45) is 2.77. The number of phenols is 2. The number of Topliss-reactive ketones (excluding diaryl/α,β-unsaturated/α-hetero) is 2.